The maximum Gasteiger partial charge on any atom is 0.410 e. The lowest BCUT2D eigenvalue weighted by molar-refractivity contribution is 0.0187. The van der Waals surface area contributed by atoms with Gasteiger partial charge in [-0.1, -0.05) is 0 Å². The smallest absolute Gasteiger partial charge is 0.410 e. The Bertz CT molecular complexity index is 481. The molecule has 0 saturated carbocycles. The molecule has 1 atom stereocenters. The van der Waals surface area contributed by atoms with Gasteiger partial charge in [-0.25, -0.2) is 4.79 Å². The molecule has 0 N–H and O–H groups in total. The van der Waals surface area contributed by atoms with E-state index in [1.807, 2.05) is 45.0 Å². The van der Waals surface area contributed by atoms with Crippen molar-refractivity contribution in [3.05, 3.63) is 27.8 Å². The molecule has 1 heterocycles. The van der Waals surface area contributed by atoms with E-state index in [1.165, 1.54) is 3.57 Å². The molecule has 1 saturated heterocycles. The van der Waals surface area contributed by atoms with Crippen molar-refractivity contribution in [2.24, 2.45) is 0 Å². The van der Waals surface area contributed by atoms with E-state index < -0.39 is 5.60 Å². The summed E-state index contributed by atoms with van der Waals surface area (Å²) in [6.45, 7) is 6.92. The molecule has 0 aliphatic carbocycles. The number of halogens is 1. The van der Waals surface area contributed by atoms with Crippen LogP contribution < -0.4 is 4.74 Å². The monoisotopic (exact) mass is 403 g/mol. The number of amides is 1. The Labute approximate surface area is 139 Å². The summed E-state index contributed by atoms with van der Waals surface area (Å²) in [5.74, 6) is 0.839. The molecule has 1 aromatic rings. The van der Waals surface area contributed by atoms with E-state index in [0.29, 0.717) is 6.61 Å². The van der Waals surface area contributed by atoms with Crippen LogP contribution >= 0.6 is 22.6 Å². The Hall–Kier alpha value is -0.980. The number of ether oxygens (including phenoxy) is 2. The summed E-state index contributed by atoms with van der Waals surface area (Å²) in [5.41, 5.74) is -0.457. The maximum atomic E-state index is 12.2. The van der Waals surface area contributed by atoms with Crippen LogP contribution in [0, 0.1) is 3.57 Å². The van der Waals surface area contributed by atoms with E-state index in [0.717, 1.165) is 25.1 Å². The average molecular weight is 403 g/mol. The van der Waals surface area contributed by atoms with E-state index in [9.17, 15) is 4.79 Å². The molecule has 5 heteroatoms. The quantitative estimate of drug-likeness (QED) is 0.715. The van der Waals surface area contributed by atoms with Gasteiger partial charge in [-0.2, -0.15) is 0 Å². The Balaban J connectivity index is 1.90. The van der Waals surface area contributed by atoms with Crippen LogP contribution in [0.25, 0.3) is 0 Å². The van der Waals surface area contributed by atoms with Crippen molar-refractivity contribution < 1.29 is 14.3 Å². The van der Waals surface area contributed by atoms with Gasteiger partial charge in [0.25, 0.3) is 0 Å². The lowest BCUT2D eigenvalue weighted by atomic mass is 10.2. The third kappa shape index (κ3) is 5.05. The van der Waals surface area contributed by atoms with Crippen molar-refractivity contribution in [1.29, 1.82) is 0 Å². The summed E-state index contributed by atoms with van der Waals surface area (Å²) in [4.78, 5) is 14.0. The summed E-state index contributed by atoms with van der Waals surface area (Å²) in [6.07, 6.45) is 1.72. The molecule has 116 valence electrons. The zero-order valence-electron chi connectivity index (χ0n) is 12.8. The normalized spacial score (nSPS) is 18.7. The van der Waals surface area contributed by atoms with Crippen molar-refractivity contribution >= 4 is 28.7 Å². The molecule has 1 fully saturated rings. The van der Waals surface area contributed by atoms with Crippen molar-refractivity contribution in [3.8, 4) is 5.75 Å². The van der Waals surface area contributed by atoms with Crippen LogP contribution in [0.3, 0.4) is 0 Å². The van der Waals surface area contributed by atoms with Crippen LogP contribution in [-0.2, 0) is 4.74 Å². The van der Waals surface area contributed by atoms with Crippen LogP contribution in [0.2, 0.25) is 0 Å². The van der Waals surface area contributed by atoms with Gasteiger partial charge in [-0.15, -0.1) is 0 Å². The van der Waals surface area contributed by atoms with E-state index in [1.54, 1.807) is 4.90 Å². The molecule has 0 spiro atoms. The molecule has 0 aromatic heterocycles. The largest absolute Gasteiger partial charge is 0.491 e. The predicted octanol–water partition coefficient (Wildman–Crippen LogP) is 4.07. The third-order valence-electron chi connectivity index (χ3n) is 3.26. The molecule has 2 rings (SSSR count). The fourth-order valence-corrected chi connectivity index (χ4v) is 2.65. The van der Waals surface area contributed by atoms with Crippen LogP contribution in [0.1, 0.15) is 33.6 Å². The first-order valence-electron chi connectivity index (χ1n) is 7.23. The Morgan fingerprint density at radius 2 is 2.00 bits per heavy atom. The molecule has 21 heavy (non-hydrogen) atoms. The zero-order valence-corrected chi connectivity index (χ0v) is 14.9. The van der Waals surface area contributed by atoms with Gasteiger partial charge in [0.2, 0.25) is 0 Å². The van der Waals surface area contributed by atoms with Crippen LogP contribution in [0.15, 0.2) is 24.3 Å². The Morgan fingerprint density at radius 3 is 2.62 bits per heavy atom. The summed E-state index contributed by atoms with van der Waals surface area (Å²) in [7, 11) is 0. The minimum atomic E-state index is -0.457. The van der Waals surface area contributed by atoms with Gasteiger partial charge in [0.05, 0.1) is 6.04 Å². The van der Waals surface area contributed by atoms with Gasteiger partial charge < -0.3 is 14.4 Å². The lowest BCUT2D eigenvalue weighted by Gasteiger charge is -2.28. The second kappa shape index (κ2) is 6.85. The molecule has 1 aliphatic heterocycles. The summed E-state index contributed by atoms with van der Waals surface area (Å²) >= 11 is 2.26. The molecule has 4 nitrogen and oxygen atoms in total. The Kier molecular flexibility index (Phi) is 5.35. The SMILES string of the molecule is CC(C)(C)OC(=O)N1CCC[C@H]1COc1ccc(I)cc1. The standard InChI is InChI=1S/C16H22INO3/c1-16(2,3)21-15(19)18-10-4-5-13(18)11-20-14-8-6-12(17)7-9-14/h6-9,13H,4-5,10-11H2,1-3H3/t13-/m0/s1. The molecular weight excluding hydrogens is 381 g/mol. The molecule has 1 aliphatic rings. The van der Waals surface area contributed by atoms with Crippen molar-refractivity contribution in [2.45, 2.75) is 45.3 Å². The van der Waals surface area contributed by atoms with E-state index in [2.05, 4.69) is 22.6 Å². The average Bonchev–Trinajstić information content (AvgIpc) is 2.84. The van der Waals surface area contributed by atoms with Gasteiger partial charge in [0.1, 0.15) is 18.0 Å². The number of carbonyl (C=O) groups excluding carboxylic acids is 1. The van der Waals surface area contributed by atoms with Crippen molar-refractivity contribution in [1.82, 2.24) is 4.90 Å². The maximum absolute atomic E-state index is 12.2. The first kappa shape index (κ1) is 16.4. The van der Waals surface area contributed by atoms with Crippen LogP contribution in [0.5, 0.6) is 5.75 Å². The highest BCUT2D eigenvalue weighted by molar-refractivity contribution is 14.1. The number of carbonyl (C=O) groups is 1. The summed E-state index contributed by atoms with van der Waals surface area (Å²) < 4.78 is 12.4. The van der Waals surface area contributed by atoms with Gasteiger partial charge in [-0.3, -0.25) is 0 Å². The number of benzene rings is 1. The van der Waals surface area contributed by atoms with Gasteiger partial charge in [-0.05, 0) is 80.5 Å². The molecule has 1 amide bonds. The fourth-order valence-electron chi connectivity index (χ4n) is 2.29. The highest BCUT2D eigenvalue weighted by Gasteiger charge is 2.32. The highest BCUT2D eigenvalue weighted by atomic mass is 127. The third-order valence-corrected chi connectivity index (χ3v) is 3.98. The van der Waals surface area contributed by atoms with Gasteiger partial charge >= 0.3 is 6.09 Å². The first-order chi connectivity index (χ1) is 9.85. The number of nitrogens with zero attached hydrogens (tertiary/aromatic N) is 1. The number of likely N-dealkylation sites (tertiary alicyclic amines) is 1. The highest BCUT2D eigenvalue weighted by Crippen LogP contribution is 2.22. The van der Waals surface area contributed by atoms with Crippen molar-refractivity contribution in [2.75, 3.05) is 13.2 Å². The van der Waals surface area contributed by atoms with Crippen LogP contribution in [-0.4, -0.2) is 35.8 Å². The Morgan fingerprint density at radius 1 is 1.33 bits per heavy atom. The van der Waals surface area contributed by atoms with Crippen LogP contribution in [0.4, 0.5) is 4.79 Å². The molecule has 0 radical (unpaired) electrons. The number of hydrogen-bond acceptors (Lipinski definition) is 3. The second-order valence-electron chi connectivity index (χ2n) is 6.23. The topological polar surface area (TPSA) is 38.8 Å². The molecular formula is C16H22INO3. The fraction of sp³-hybridized carbons (Fsp3) is 0.562. The minimum Gasteiger partial charge on any atom is -0.491 e. The molecule has 1 aromatic carbocycles. The number of hydrogen-bond donors (Lipinski definition) is 0. The van der Waals surface area contributed by atoms with Gasteiger partial charge in [0.15, 0.2) is 0 Å². The first-order valence-corrected chi connectivity index (χ1v) is 8.31. The second-order valence-corrected chi connectivity index (χ2v) is 7.48. The summed E-state index contributed by atoms with van der Waals surface area (Å²) in [6, 6.07) is 8.02. The molecule has 0 bridgehead atoms. The molecule has 0 unspecified atom stereocenters. The van der Waals surface area contributed by atoms with E-state index in [4.69, 9.17) is 9.47 Å². The predicted molar refractivity (Wildman–Crippen MR) is 90.6 cm³/mol. The zero-order chi connectivity index (χ0) is 15.5. The van der Waals surface area contributed by atoms with Gasteiger partial charge in [0, 0.05) is 10.1 Å². The number of rotatable bonds is 3. The summed E-state index contributed by atoms with van der Waals surface area (Å²) in [5, 5.41) is 0. The minimum absolute atomic E-state index is 0.0964. The lowest BCUT2D eigenvalue weighted by Crippen LogP contribution is -2.42. The van der Waals surface area contributed by atoms with E-state index in [-0.39, 0.29) is 12.1 Å². The van der Waals surface area contributed by atoms with E-state index >= 15 is 0 Å². The van der Waals surface area contributed by atoms with Crippen molar-refractivity contribution in [3.63, 3.8) is 0 Å².